The van der Waals surface area contributed by atoms with Gasteiger partial charge in [-0.1, -0.05) is 0 Å². The molecule has 2 bridgehead atoms. The Bertz CT molecular complexity index is 807. The Morgan fingerprint density at radius 3 is 2.72 bits per heavy atom. The van der Waals surface area contributed by atoms with Gasteiger partial charge in [-0.2, -0.15) is 13.5 Å². The van der Waals surface area contributed by atoms with E-state index in [0.717, 1.165) is 11.2 Å². The first-order valence-corrected chi connectivity index (χ1v) is 8.47. The minimum Gasteiger partial charge on any atom is -0.472 e. The first-order chi connectivity index (χ1) is 11.7. The number of hydrogen-bond acceptors (Lipinski definition) is 8. The molecule has 3 heterocycles. The van der Waals surface area contributed by atoms with Gasteiger partial charge in [-0.25, -0.2) is 15.6 Å². The number of hydrogen-bond donors (Lipinski definition) is 2. The van der Waals surface area contributed by atoms with E-state index in [9.17, 15) is 22.8 Å². The van der Waals surface area contributed by atoms with E-state index < -0.39 is 40.3 Å². The number of carbonyl (C=O) groups is 3. The maximum Gasteiger partial charge on any atom is 0.418 e. The second-order valence-corrected chi connectivity index (χ2v) is 6.54. The van der Waals surface area contributed by atoms with Crippen LogP contribution in [0.1, 0.15) is 23.2 Å². The summed E-state index contributed by atoms with van der Waals surface area (Å²) in [6.07, 6.45) is 2.73. The van der Waals surface area contributed by atoms with Crippen molar-refractivity contribution in [2.24, 2.45) is 5.84 Å². The molecular formula is C12H14N4O8S. The normalized spacial score (nSPS) is 23.0. The predicted molar refractivity (Wildman–Crippen MR) is 77.5 cm³/mol. The van der Waals surface area contributed by atoms with Crippen LogP contribution < -0.4 is 5.84 Å². The zero-order valence-electron chi connectivity index (χ0n) is 12.6. The average Bonchev–Trinajstić information content (AvgIpc) is 3.16. The maximum absolute atomic E-state index is 12.5. The molecule has 3 rings (SSSR count). The number of urea groups is 1. The number of piperidine rings is 1. The van der Waals surface area contributed by atoms with Crippen LogP contribution in [0, 0.1) is 0 Å². The van der Waals surface area contributed by atoms with Gasteiger partial charge < -0.3 is 9.32 Å². The van der Waals surface area contributed by atoms with Crippen molar-refractivity contribution in [3.63, 3.8) is 0 Å². The van der Waals surface area contributed by atoms with Crippen molar-refractivity contribution in [1.29, 1.82) is 0 Å². The summed E-state index contributed by atoms with van der Waals surface area (Å²) in [6.45, 7) is -0.00149. The lowest BCUT2D eigenvalue weighted by molar-refractivity contribution is -0.134. The highest BCUT2D eigenvalue weighted by Gasteiger charge is 2.50. The largest absolute Gasteiger partial charge is 0.472 e. The summed E-state index contributed by atoms with van der Waals surface area (Å²) < 4.78 is 39.4. The molecule has 0 radical (unpaired) electrons. The summed E-state index contributed by atoms with van der Waals surface area (Å²) >= 11 is 0. The molecule has 3 N–H and O–H groups in total. The van der Waals surface area contributed by atoms with Gasteiger partial charge in [0.15, 0.2) is 0 Å². The molecule has 0 aliphatic carbocycles. The third-order valence-corrected chi connectivity index (χ3v) is 4.36. The van der Waals surface area contributed by atoms with E-state index in [0.29, 0.717) is 10.1 Å². The molecule has 2 aliphatic rings. The van der Waals surface area contributed by atoms with Crippen LogP contribution in [0.25, 0.3) is 0 Å². The van der Waals surface area contributed by atoms with Gasteiger partial charge in [0.2, 0.25) is 0 Å². The number of nitrogens with zero attached hydrogens (tertiary/aromatic N) is 3. The molecule has 12 nitrogen and oxygen atoms in total. The number of furan rings is 1. The van der Waals surface area contributed by atoms with E-state index >= 15 is 0 Å². The number of fused-ring (bicyclic) bond motifs is 2. The highest BCUT2D eigenvalue weighted by Crippen LogP contribution is 2.31. The monoisotopic (exact) mass is 374 g/mol. The molecule has 0 spiro atoms. The van der Waals surface area contributed by atoms with Crippen LogP contribution in [0.5, 0.6) is 0 Å². The summed E-state index contributed by atoms with van der Waals surface area (Å²) in [5.41, 5.74) is 0.0635. The van der Waals surface area contributed by atoms with Crippen LogP contribution in [0.3, 0.4) is 0 Å². The Kier molecular flexibility index (Phi) is 4.24. The van der Waals surface area contributed by atoms with Crippen LogP contribution in [-0.2, 0) is 19.5 Å². The molecule has 136 valence electrons. The number of imide groups is 1. The summed E-state index contributed by atoms with van der Waals surface area (Å²) in [5, 5.41) is 0.886. The molecular weight excluding hydrogens is 360 g/mol. The molecule has 1 aromatic rings. The molecule has 13 heteroatoms. The standard InChI is InChI=1S/C12H14N4O8S/c13-15(10(17)7-3-4-23-6-7)11(18)9-2-1-8-5-14(9)12(19)16(8)24-25(20,21)22/h3-4,6,8-9H,1-2,5,13H2,(H,20,21,22)/t8-,9+/m1/s1. The predicted octanol–water partition coefficient (Wildman–Crippen LogP) is -0.875. The Morgan fingerprint density at radius 2 is 2.12 bits per heavy atom. The van der Waals surface area contributed by atoms with Crippen LogP contribution >= 0.6 is 0 Å². The molecule has 4 amide bonds. The van der Waals surface area contributed by atoms with E-state index in [1.54, 1.807) is 0 Å². The second-order valence-electron chi connectivity index (χ2n) is 5.54. The fourth-order valence-electron chi connectivity index (χ4n) is 2.87. The van der Waals surface area contributed by atoms with Crippen molar-refractivity contribution in [2.75, 3.05) is 6.54 Å². The highest BCUT2D eigenvalue weighted by molar-refractivity contribution is 7.80. The molecule has 0 aromatic carbocycles. The van der Waals surface area contributed by atoms with Crippen LogP contribution in [-0.4, -0.2) is 64.4 Å². The van der Waals surface area contributed by atoms with Gasteiger partial charge in [-0.05, 0) is 18.9 Å². The van der Waals surface area contributed by atoms with Crippen molar-refractivity contribution in [3.05, 3.63) is 24.2 Å². The Balaban J connectivity index is 1.75. The lowest BCUT2D eigenvalue weighted by atomic mass is 10.00. The fourth-order valence-corrected chi connectivity index (χ4v) is 3.26. The van der Waals surface area contributed by atoms with Crippen molar-refractivity contribution in [3.8, 4) is 0 Å². The Labute approximate surface area is 141 Å². The molecule has 0 unspecified atom stereocenters. The third-order valence-electron chi connectivity index (χ3n) is 4.01. The number of hydroxylamine groups is 2. The third kappa shape index (κ3) is 3.21. The fraction of sp³-hybridized carbons (Fsp3) is 0.417. The quantitative estimate of drug-likeness (QED) is 0.224. The van der Waals surface area contributed by atoms with Gasteiger partial charge in [0.25, 0.3) is 11.8 Å². The van der Waals surface area contributed by atoms with Gasteiger partial charge in [0.05, 0.1) is 17.9 Å². The molecule has 1 aromatic heterocycles. The van der Waals surface area contributed by atoms with Crippen LogP contribution in [0.4, 0.5) is 4.79 Å². The smallest absolute Gasteiger partial charge is 0.418 e. The van der Waals surface area contributed by atoms with Gasteiger partial charge in [-0.15, -0.1) is 4.28 Å². The number of amides is 4. The lowest BCUT2D eigenvalue weighted by Crippen LogP contribution is -2.55. The maximum atomic E-state index is 12.5. The summed E-state index contributed by atoms with van der Waals surface area (Å²) in [6, 6.07) is -1.29. The van der Waals surface area contributed by atoms with E-state index in [1.165, 1.54) is 12.3 Å². The highest BCUT2D eigenvalue weighted by atomic mass is 32.3. The van der Waals surface area contributed by atoms with Crippen LogP contribution in [0.2, 0.25) is 0 Å². The summed E-state index contributed by atoms with van der Waals surface area (Å²) in [5.74, 6) is 3.94. The average molecular weight is 374 g/mol. The number of nitrogens with two attached hydrogens (primary N) is 1. The zero-order valence-corrected chi connectivity index (χ0v) is 13.5. The first-order valence-electron chi connectivity index (χ1n) is 7.11. The van der Waals surface area contributed by atoms with E-state index in [-0.39, 0.29) is 24.9 Å². The SMILES string of the molecule is NN(C(=O)c1ccoc1)C(=O)[C@@H]1CC[C@@H]2CN1C(=O)N2OS(=O)(=O)O. The molecule has 2 fully saturated rings. The zero-order chi connectivity index (χ0) is 18.4. The van der Waals surface area contributed by atoms with Crippen molar-refractivity contribution in [1.82, 2.24) is 15.0 Å². The van der Waals surface area contributed by atoms with E-state index in [4.69, 9.17) is 14.8 Å². The number of rotatable bonds is 4. The lowest BCUT2D eigenvalue weighted by Gasteiger charge is -2.31. The molecule has 0 saturated carbocycles. The Morgan fingerprint density at radius 1 is 1.40 bits per heavy atom. The minimum atomic E-state index is -4.88. The Hall–Kier alpha value is -2.48. The molecule has 2 atom stereocenters. The van der Waals surface area contributed by atoms with Crippen molar-refractivity contribution < 1.29 is 36.1 Å². The van der Waals surface area contributed by atoms with E-state index in [2.05, 4.69) is 4.28 Å². The van der Waals surface area contributed by atoms with Gasteiger partial charge in [0.1, 0.15) is 12.3 Å². The topological polar surface area (TPSA) is 164 Å². The number of hydrazine groups is 1. The minimum absolute atomic E-state index is 0.00149. The van der Waals surface area contributed by atoms with Crippen molar-refractivity contribution >= 4 is 28.2 Å². The van der Waals surface area contributed by atoms with Crippen LogP contribution in [0.15, 0.2) is 23.0 Å². The van der Waals surface area contributed by atoms with E-state index in [1.807, 2.05) is 0 Å². The summed E-state index contributed by atoms with van der Waals surface area (Å²) in [7, 11) is -4.88. The summed E-state index contributed by atoms with van der Waals surface area (Å²) in [4.78, 5) is 37.9. The molecule has 25 heavy (non-hydrogen) atoms. The van der Waals surface area contributed by atoms with Crippen molar-refractivity contribution in [2.45, 2.75) is 24.9 Å². The molecule has 2 saturated heterocycles. The van der Waals surface area contributed by atoms with Gasteiger partial charge >= 0.3 is 16.4 Å². The number of carbonyl (C=O) groups excluding carboxylic acids is 3. The van der Waals surface area contributed by atoms with Gasteiger partial charge in [0, 0.05) is 6.54 Å². The second kappa shape index (κ2) is 6.11. The van der Waals surface area contributed by atoms with Gasteiger partial charge in [-0.3, -0.25) is 14.1 Å². The molecule has 2 aliphatic heterocycles. The first kappa shape index (κ1) is 17.3.